The molecule has 0 aliphatic heterocycles. The number of thioether (sulfide) groups is 1. The van der Waals surface area contributed by atoms with Crippen LogP contribution in [0.2, 0.25) is 0 Å². The van der Waals surface area contributed by atoms with Crippen molar-refractivity contribution >= 4 is 45.2 Å². The van der Waals surface area contributed by atoms with Gasteiger partial charge in [0, 0.05) is 11.9 Å². The summed E-state index contributed by atoms with van der Waals surface area (Å²) in [6.45, 7) is 2.64. The number of carbonyl (C=O) groups is 1. The molecule has 1 heterocycles. The van der Waals surface area contributed by atoms with E-state index in [0.717, 1.165) is 32.6 Å². The fourth-order valence-corrected chi connectivity index (χ4v) is 3.89. The number of aromatic amines is 1. The molecule has 1 amide bonds. The third-order valence-electron chi connectivity index (χ3n) is 4.37. The highest BCUT2D eigenvalue weighted by molar-refractivity contribution is 7.99. The molecule has 1 N–H and O–H groups in total. The van der Waals surface area contributed by atoms with Crippen LogP contribution in [0.4, 0.5) is 5.69 Å². The van der Waals surface area contributed by atoms with Gasteiger partial charge in [-0.3, -0.25) is 4.79 Å². The molecule has 0 bridgehead atoms. The molecule has 0 aliphatic rings. The highest BCUT2D eigenvalue weighted by Crippen LogP contribution is 2.28. The molecule has 4 rings (SSSR count). The van der Waals surface area contributed by atoms with E-state index in [9.17, 15) is 4.79 Å². The number of nitrogens with zero attached hydrogens (tertiary/aromatic N) is 2. The van der Waals surface area contributed by atoms with Crippen molar-refractivity contribution in [1.82, 2.24) is 9.97 Å². The lowest BCUT2D eigenvalue weighted by atomic mass is 10.1. The number of carbonyl (C=O) groups excluding carboxylic acids is 1. The molecule has 3 aromatic carbocycles. The minimum absolute atomic E-state index is 0.0781. The van der Waals surface area contributed by atoms with Gasteiger partial charge in [0.1, 0.15) is 0 Å². The Bertz CT molecular complexity index is 1030. The maximum atomic E-state index is 12.9. The minimum Gasteiger partial charge on any atom is -0.333 e. The number of hydrogen-bond donors (Lipinski definition) is 1. The lowest BCUT2D eigenvalue weighted by molar-refractivity contribution is -0.116. The normalized spacial score (nSPS) is 11.1. The van der Waals surface area contributed by atoms with Crippen molar-refractivity contribution in [3.8, 4) is 0 Å². The van der Waals surface area contributed by atoms with E-state index in [0.29, 0.717) is 12.3 Å². The van der Waals surface area contributed by atoms with Crippen LogP contribution in [-0.4, -0.2) is 28.2 Å². The summed E-state index contributed by atoms with van der Waals surface area (Å²) in [7, 11) is 0. The first kappa shape index (κ1) is 16.7. The van der Waals surface area contributed by atoms with E-state index in [4.69, 9.17) is 0 Å². The molecule has 4 aromatic rings. The topological polar surface area (TPSA) is 49.0 Å². The second-order valence-corrected chi connectivity index (χ2v) is 6.95. The molecular weight excluding hydrogens is 342 g/mol. The summed E-state index contributed by atoms with van der Waals surface area (Å²) in [5.41, 5.74) is 2.87. The van der Waals surface area contributed by atoms with E-state index in [-0.39, 0.29) is 5.91 Å². The summed E-state index contributed by atoms with van der Waals surface area (Å²) >= 11 is 1.44. The SMILES string of the molecule is CCN(C(=O)CSc1nc2ccccc2[nH]1)c1cccc2ccccc12. The van der Waals surface area contributed by atoms with Crippen LogP contribution in [0.15, 0.2) is 71.9 Å². The molecule has 0 aliphatic carbocycles. The number of para-hydroxylation sites is 2. The van der Waals surface area contributed by atoms with Crippen molar-refractivity contribution in [1.29, 1.82) is 0 Å². The number of nitrogens with one attached hydrogen (secondary N) is 1. The predicted octanol–water partition coefficient (Wildman–Crippen LogP) is 4.86. The molecule has 0 spiro atoms. The number of anilines is 1. The molecular formula is C21H19N3OS. The zero-order chi connectivity index (χ0) is 17.9. The van der Waals surface area contributed by atoms with Crippen molar-refractivity contribution in [3.63, 3.8) is 0 Å². The first-order chi connectivity index (χ1) is 12.8. The van der Waals surface area contributed by atoms with Crippen LogP contribution in [-0.2, 0) is 4.79 Å². The number of rotatable bonds is 5. The van der Waals surface area contributed by atoms with Crippen LogP contribution in [0.5, 0.6) is 0 Å². The minimum atomic E-state index is 0.0781. The van der Waals surface area contributed by atoms with E-state index in [1.165, 1.54) is 11.8 Å². The number of H-pyrrole nitrogens is 1. The quantitative estimate of drug-likeness (QED) is 0.516. The Morgan fingerprint density at radius 2 is 1.81 bits per heavy atom. The second-order valence-electron chi connectivity index (χ2n) is 5.98. The van der Waals surface area contributed by atoms with Gasteiger partial charge in [0.05, 0.1) is 22.5 Å². The molecule has 1 aromatic heterocycles. The summed E-state index contributed by atoms with van der Waals surface area (Å²) < 4.78 is 0. The van der Waals surface area contributed by atoms with Crippen LogP contribution in [0.1, 0.15) is 6.92 Å². The van der Waals surface area contributed by atoms with Gasteiger partial charge in [-0.15, -0.1) is 0 Å². The van der Waals surface area contributed by atoms with Gasteiger partial charge < -0.3 is 9.88 Å². The smallest absolute Gasteiger partial charge is 0.237 e. The Balaban J connectivity index is 1.55. The van der Waals surface area contributed by atoms with Crippen LogP contribution < -0.4 is 4.90 Å². The van der Waals surface area contributed by atoms with E-state index >= 15 is 0 Å². The van der Waals surface area contributed by atoms with Crippen molar-refractivity contribution in [2.75, 3.05) is 17.2 Å². The van der Waals surface area contributed by atoms with Crippen molar-refractivity contribution in [2.24, 2.45) is 0 Å². The zero-order valence-electron chi connectivity index (χ0n) is 14.5. The van der Waals surface area contributed by atoms with Crippen molar-refractivity contribution in [3.05, 3.63) is 66.7 Å². The standard InChI is InChI=1S/C21H19N3OS/c1-2-24(19-13-7-9-15-8-3-4-10-16(15)19)20(25)14-26-21-22-17-11-5-6-12-18(17)23-21/h3-13H,2,14H2,1H3,(H,22,23). The van der Waals surface area contributed by atoms with Gasteiger partial charge in [0.25, 0.3) is 0 Å². The summed E-state index contributed by atoms with van der Waals surface area (Å²) in [4.78, 5) is 22.5. The molecule has 0 radical (unpaired) electrons. The average molecular weight is 361 g/mol. The Labute approximate surface area is 156 Å². The lowest BCUT2D eigenvalue weighted by Crippen LogP contribution is -2.32. The van der Waals surface area contributed by atoms with Gasteiger partial charge in [-0.05, 0) is 30.5 Å². The Hall–Kier alpha value is -2.79. The number of hydrogen-bond acceptors (Lipinski definition) is 3. The molecule has 0 atom stereocenters. The number of fused-ring (bicyclic) bond motifs is 2. The van der Waals surface area contributed by atoms with E-state index in [1.807, 2.05) is 60.4 Å². The monoisotopic (exact) mass is 361 g/mol. The van der Waals surface area contributed by atoms with Crippen LogP contribution in [0.25, 0.3) is 21.8 Å². The number of imidazole rings is 1. The zero-order valence-corrected chi connectivity index (χ0v) is 15.3. The second kappa shape index (κ2) is 7.22. The van der Waals surface area contributed by atoms with Crippen LogP contribution in [0.3, 0.4) is 0 Å². The third-order valence-corrected chi connectivity index (χ3v) is 5.23. The highest BCUT2D eigenvalue weighted by atomic mass is 32.2. The third kappa shape index (κ3) is 3.18. The first-order valence-electron chi connectivity index (χ1n) is 8.62. The van der Waals surface area contributed by atoms with E-state index in [2.05, 4.69) is 28.2 Å². The largest absolute Gasteiger partial charge is 0.333 e. The summed E-state index contributed by atoms with van der Waals surface area (Å²) in [6.07, 6.45) is 0. The lowest BCUT2D eigenvalue weighted by Gasteiger charge is -2.22. The van der Waals surface area contributed by atoms with Gasteiger partial charge in [0.15, 0.2) is 5.16 Å². The van der Waals surface area contributed by atoms with Gasteiger partial charge in [-0.1, -0.05) is 60.3 Å². The van der Waals surface area contributed by atoms with E-state index < -0.39 is 0 Å². The molecule has 0 fully saturated rings. The van der Waals surface area contributed by atoms with Gasteiger partial charge in [0.2, 0.25) is 5.91 Å². The fourth-order valence-electron chi connectivity index (χ4n) is 3.13. The Morgan fingerprint density at radius 3 is 2.65 bits per heavy atom. The summed E-state index contributed by atoms with van der Waals surface area (Å²) in [6, 6.07) is 22.1. The number of benzene rings is 3. The number of aromatic nitrogens is 2. The molecule has 0 saturated carbocycles. The summed E-state index contributed by atoms with van der Waals surface area (Å²) in [5.74, 6) is 0.422. The highest BCUT2D eigenvalue weighted by Gasteiger charge is 2.17. The van der Waals surface area contributed by atoms with Crippen molar-refractivity contribution < 1.29 is 4.79 Å². The Kier molecular flexibility index (Phi) is 4.63. The average Bonchev–Trinajstić information content (AvgIpc) is 3.10. The molecule has 4 nitrogen and oxygen atoms in total. The molecule has 0 saturated heterocycles. The molecule has 130 valence electrons. The fraction of sp³-hybridized carbons (Fsp3) is 0.143. The van der Waals surface area contributed by atoms with Gasteiger partial charge in [-0.2, -0.15) is 0 Å². The Morgan fingerprint density at radius 1 is 1.04 bits per heavy atom. The van der Waals surface area contributed by atoms with Gasteiger partial charge >= 0.3 is 0 Å². The van der Waals surface area contributed by atoms with Crippen molar-refractivity contribution in [2.45, 2.75) is 12.1 Å². The maximum absolute atomic E-state index is 12.9. The van der Waals surface area contributed by atoms with Gasteiger partial charge in [-0.25, -0.2) is 4.98 Å². The molecule has 0 unspecified atom stereocenters. The van der Waals surface area contributed by atoms with Crippen LogP contribution in [0, 0.1) is 0 Å². The van der Waals surface area contributed by atoms with E-state index in [1.54, 1.807) is 0 Å². The summed E-state index contributed by atoms with van der Waals surface area (Å²) in [5, 5.41) is 3.01. The maximum Gasteiger partial charge on any atom is 0.237 e. The van der Waals surface area contributed by atoms with Crippen LogP contribution >= 0.6 is 11.8 Å². The molecule has 26 heavy (non-hydrogen) atoms. The molecule has 5 heteroatoms. The first-order valence-corrected chi connectivity index (χ1v) is 9.60. The predicted molar refractivity (Wildman–Crippen MR) is 109 cm³/mol. The number of amides is 1.